The number of rotatable bonds is 8. The molecule has 0 saturated heterocycles. The molecule has 13 aromatic rings. The number of anilines is 3. The molecule has 0 atom stereocenters. The average molecular weight is 1010 g/mol. The van der Waals surface area contributed by atoms with Crippen LogP contribution in [0.3, 0.4) is 0 Å². The van der Waals surface area contributed by atoms with E-state index in [9.17, 15) is 0 Å². The van der Waals surface area contributed by atoms with Crippen molar-refractivity contribution in [1.82, 2.24) is 4.57 Å². The molecular formula is C76H66N2. The van der Waals surface area contributed by atoms with E-state index >= 15 is 0 Å². The van der Waals surface area contributed by atoms with Gasteiger partial charge in [-0.2, -0.15) is 0 Å². The second-order valence-electron chi connectivity index (χ2n) is 24.6. The normalized spacial score (nSPS) is 12.4. The molecule has 0 amide bonds. The van der Waals surface area contributed by atoms with E-state index in [2.05, 4.69) is 308 Å². The summed E-state index contributed by atoms with van der Waals surface area (Å²) in [5, 5.41) is 9.94. The zero-order chi connectivity index (χ0) is 53.7. The van der Waals surface area contributed by atoms with Gasteiger partial charge in [-0.1, -0.05) is 256 Å². The summed E-state index contributed by atoms with van der Waals surface area (Å²) in [7, 11) is 0. The fourth-order valence-electron chi connectivity index (χ4n) is 12.2. The fraction of sp³-hybridized carbons (Fsp3) is 0.158. The lowest BCUT2D eigenvalue weighted by Crippen LogP contribution is -2.16. The van der Waals surface area contributed by atoms with Gasteiger partial charge in [0.1, 0.15) is 0 Å². The quantitative estimate of drug-likeness (QED) is 0.138. The fourth-order valence-corrected chi connectivity index (χ4v) is 12.2. The highest BCUT2D eigenvalue weighted by molar-refractivity contribution is 6.28. The summed E-state index contributed by atoms with van der Waals surface area (Å²) in [6.07, 6.45) is 0. The molecule has 0 N–H and O–H groups in total. The first-order valence-corrected chi connectivity index (χ1v) is 27.7. The molecule has 2 heteroatoms. The number of para-hydroxylation sites is 3. The van der Waals surface area contributed by atoms with E-state index in [1.807, 2.05) is 0 Å². The van der Waals surface area contributed by atoms with Crippen LogP contribution in [0.15, 0.2) is 237 Å². The van der Waals surface area contributed by atoms with Gasteiger partial charge in [0.25, 0.3) is 0 Å². The molecule has 78 heavy (non-hydrogen) atoms. The van der Waals surface area contributed by atoms with Crippen molar-refractivity contribution in [2.24, 2.45) is 0 Å². The van der Waals surface area contributed by atoms with Gasteiger partial charge in [-0.05, 0) is 130 Å². The Hall–Kier alpha value is -8.72. The summed E-state index contributed by atoms with van der Waals surface area (Å²) < 4.78 is 2.48. The highest BCUT2D eigenvalue weighted by Crippen LogP contribution is 2.51. The second-order valence-corrected chi connectivity index (χ2v) is 24.6. The first kappa shape index (κ1) is 48.9. The molecule has 380 valence electrons. The topological polar surface area (TPSA) is 8.17 Å². The molecule has 0 aliphatic carbocycles. The molecule has 0 aliphatic heterocycles. The van der Waals surface area contributed by atoms with Crippen LogP contribution in [0.4, 0.5) is 17.1 Å². The van der Waals surface area contributed by atoms with Gasteiger partial charge in [0.2, 0.25) is 0 Å². The van der Waals surface area contributed by atoms with Crippen LogP contribution in [0, 0.1) is 0 Å². The maximum absolute atomic E-state index is 2.58. The van der Waals surface area contributed by atoms with E-state index in [0.717, 1.165) is 28.2 Å². The Morgan fingerprint density at radius 3 is 1.29 bits per heavy atom. The second kappa shape index (κ2) is 18.5. The Kier molecular flexibility index (Phi) is 11.6. The van der Waals surface area contributed by atoms with E-state index in [4.69, 9.17) is 0 Å². The van der Waals surface area contributed by atoms with Crippen molar-refractivity contribution in [3.8, 4) is 50.2 Å². The number of hydrogen-bond donors (Lipinski definition) is 0. The van der Waals surface area contributed by atoms with Crippen LogP contribution in [0.2, 0.25) is 0 Å². The van der Waals surface area contributed by atoms with Crippen LogP contribution < -0.4 is 4.90 Å². The molecule has 0 bridgehead atoms. The average Bonchev–Trinajstić information content (AvgIpc) is 3.83. The van der Waals surface area contributed by atoms with Crippen LogP contribution in [0.5, 0.6) is 0 Å². The molecule has 1 aromatic heterocycles. The molecule has 0 unspecified atom stereocenters. The van der Waals surface area contributed by atoms with Gasteiger partial charge in [-0.25, -0.2) is 0 Å². The summed E-state index contributed by atoms with van der Waals surface area (Å²) in [6, 6.07) is 89.3. The van der Waals surface area contributed by atoms with Crippen molar-refractivity contribution in [2.75, 3.05) is 4.90 Å². The smallest absolute Gasteiger partial charge is 0.0541 e. The zero-order valence-corrected chi connectivity index (χ0v) is 46.4. The van der Waals surface area contributed by atoms with Gasteiger partial charge < -0.3 is 9.47 Å². The van der Waals surface area contributed by atoms with Crippen LogP contribution in [-0.4, -0.2) is 4.57 Å². The Morgan fingerprint density at radius 2 is 0.692 bits per heavy atom. The van der Waals surface area contributed by atoms with Crippen molar-refractivity contribution >= 4 is 71.2 Å². The van der Waals surface area contributed by atoms with Crippen LogP contribution in [-0.2, 0) is 16.2 Å². The van der Waals surface area contributed by atoms with E-state index in [1.54, 1.807) is 0 Å². The van der Waals surface area contributed by atoms with Crippen molar-refractivity contribution in [3.05, 3.63) is 253 Å². The SMILES string of the molecule is CC(C)(C)c1ccc(-c2ccc(-c3ccccc3N(c3ccc(C(C)(C)C)cc3-c3ccccc3-c3ccc(C(C)(C)C)cc3)c3ccc4ccc5c(-n6c7ccccc7c7ccccc76)ccc6ccc3c4c65)cc2)cc1. The number of fused-ring (bicyclic) bond motifs is 3. The van der Waals surface area contributed by atoms with Gasteiger partial charge >= 0.3 is 0 Å². The summed E-state index contributed by atoms with van der Waals surface area (Å²) in [5.74, 6) is 0. The molecule has 0 saturated carbocycles. The Bertz CT molecular complexity index is 4340. The minimum Gasteiger partial charge on any atom is -0.309 e. The van der Waals surface area contributed by atoms with Crippen molar-refractivity contribution in [2.45, 2.75) is 78.6 Å². The Morgan fingerprint density at radius 1 is 0.282 bits per heavy atom. The third-order valence-electron chi connectivity index (χ3n) is 16.5. The Balaban J connectivity index is 1.07. The highest BCUT2D eigenvalue weighted by Gasteiger charge is 2.28. The van der Waals surface area contributed by atoms with Gasteiger partial charge in [0.15, 0.2) is 0 Å². The van der Waals surface area contributed by atoms with Crippen LogP contribution in [0.25, 0.3) is 104 Å². The number of aromatic nitrogens is 1. The number of hydrogen-bond acceptors (Lipinski definition) is 1. The van der Waals surface area contributed by atoms with Gasteiger partial charge in [-0.3, -0.25) is 0 Å². The van der Waals surface area contributed by atoms with Crippen molar-refractivity contribution < 1.29 is 0 Å². The monoisotopic (exact) mass is 1010 g/mol. The standard InChI is InChI=1S/C76H66N2/c1-74(2,3)55-38-30-50(31-39-55)49-26-28-52(29-27-49)59-19-12-15-23-66(59)77(71-47-42-57(76(7,8)9)48-65(71)60-20-11-10-18-58(60)51-32-40-56(41-33-51)75(4,5)6)69-45-36-53-35-44-64-70(46-37-54-34-43-63(69)72(53)73(54)64)78-67-24-16-13-21-61(67)62-22-14-17-25-68(62)78/h10-48H,1-9H3. The van der Waals surface area contributed by atoms with Crippen molar-refractivity contribution in [3.63, 3.8) is 0 Å². The van der Waals surface area contributed by atoms with Gasteiger partial charge in [0, 0.05) is 32.7 Å². The minimum absolute atomic E-state index is 0.0471. The third kappa shape index (κ3) is 8.34. The molecule has 1 heterocycles. The van der Waals surface area contributed by atoms with Gasteiger partial charge in [0.05, 0.1) is 33.8 Å². The van der Waals surface area contributed by atoms with Crippen LogP contribution >= 0.6 is 0 Å². The molecular weight excluding hydrogens is 941 g/mol. The van der Waals surface area contributed by atoms with Gasteiger partial charge in [-0.15, -0.1) is 0 Å². The lowest BCUT2D eigenvalue weighted by atomic mass is 9.83. The predicted octanol–water partition coefficient (Wildman–Crippen LogP) is 21.7. The molecule has 0 aliphatic rings. The maximum Gasteiger partial charge on any atom is 0.0541 e. The molecule has 12 aromatic carbocycles. The molecule has 0 spiro atoms. The minimum atomic E-state index is -0.102. The number of nitrogens with zero attached hydrogens (tertiary/aromatic N) is 2. The molecule has 0 fully saturated rings. The van der Waals surface area contributed by atoms with E-state index in [0.29, 0.717) is 0 Å². The molecule has 2 nitrogen and oxygen atoms in total. The first-order valence-electron chi connectivity index (χ1n) is 27.7. The summed E-state index contributed by atoms with van der Waals surface area (Å²) >= 11 is 0. The maximum atomic E-state index is 2.58. The summed E-state index contributed by atoms with van der Waals surface area (Å²) in [4.78, 5) is 2.58. The van der Waals surface area contributed by atoms with E-state index < -0.39 is 0 Å². The van der Waals surface area contributed by atoms with Crippen molar-refractivity contribution in [1.29, 1.82) is 0 Å². The molecule has 0 radical (unpaired) electrons. The Labute approximate surface area is 460 Å². The zero-order valence-electron chi connectivity index (χ0n) is 46.4. The van der Waals surface area contributed by atoms with E-state index in [-0.39, 0.29) is 16.2 Å². The molecule has 13 rings (SSSR count). The van der Waals surface area contributed by atoms with E-state index in [1.165, 1.54) is 110 Å². The largest absolute Gasteiger partial charge is 0.309 e. The number of benzene rings is 12. The predicted molar refractivity (Wildman–Crippen MR) is 337 cm³/mol. The first-order chi connectivity index (χ1) is 37.6. The third-order valence-corrected chi connectivity index (χ3v) is 16.5. The lowest BCUT2D eigenvalue weighted by Gasteiger charge is -2.33. The lowest BCUT2D eigenvalue weighted by molar-refractivity contribution is 0.590. The van der Waals surface area contributed by atoms with Crippen LogP contribution in [0.1, 0.15) is 79.0 Å². The summed E-state index contributed by atoms with van der Waals surface area (Å²) in [5.41, 5.74) is 20.4. The highest BCUT2D eigenvalue weighted by atomic mass is 15.1. The summed E-state index contributed by atoms with van der Waals surface area (Å²) in [6.45, 7) is 20.7.